The standard InChI is InChI=1S/C14H21NO4S/c1-5-15(12(4)9-14(16)17)20(18,19)13-7-10(2)6-11(3)8-13/h6-8,12H,5,9H2,1-4H3,(H,16,17). The van der Waals surface area contributed by atoms with Crippen LogP contribution in [0.15, 0.2) is 23.1 Å². The second kappa shape index (κ2) is 6.37. The molecule has 1 unspecified atom stereocenters. The first-order valence-corrected chi connectivity index (χ1v) is 7.94. The summed E-state index contributed by atoms with van der Waals surface area (Å²) in [5.41, 5.74) is 1.73. The van der Waals surface area contributed by atoms with Crippen molar-refractivity contribution in [1.82, 2.24) is 4.31 Å². The molecule has 1 aromatic rings. The van der Waals surface area contributed by atoms with E-state index in [2.05, 4.69) is 0 Å². The quantitative estimate of drug-likeness (QED) is 0.873. The predicted molar refractivity (Wildman–Crippen MR) is 77.2 cm³/mol. The van der Waals surface area contributed by atoms with Crippen LogP contribution < -0.4 is 0 Å². The molecule has 1 rings (SSSR count). The first-order valence-electron chi connectivity index (χ1n) is 6.50. The summed E-state index contributed by atoms with van der Waals surface area (Å²) in [6, 6.07) is 4.54. The number of aryl methyl sites for hydroxylation is 2. The number of sulfonamides is 1. The van der Waals surface area contributed by atoms with E-state index in [4.69, 9.17) is 5.11 Å². The van der Waals surface area contributed by atoms with Crippen molar-refractivity contribution in [2.24, 2.45) is 0 Å². The Labute approximate surface area is 120 Å². The molecule has 112 valence electrons. The molecule has 6 heteroatoms. The van der Waals surface area contributed by atoms with Crippen LogP contribution in [0.3, 0.4) is 0 Å². The van der Waals surface area contributed by atoms with Crippen LogP contribution in [0.1, 0.15) is 31.4 Å². The van der Waals surface area contributed by atoms with Crippen LogP contribution in [0.5, 0.6) is 0 Å². The van der Waals surface area contributed by atoms with Crippen molar-refractivity contribution < 1.29 is 18.3 Å². The van der Waals surface area contributed by atoms with Crippen molar-refractivity contribution in [3.05, 3.63) is 29.3 Å². The molecule has 0 bridgehead atoms. The van der Waals surface area contributed by atoms with Crippen LogP contribution in [-0.4, -0.2) is 36.4 Å². The van der Waals surface area contributed by atoms with Crippen molar-refractivity contribution in [2.75, 3.05) is 6.54 Å². The first kappa shape index (κ1) is 16.7. The molecule has 0 saturated heterocycles. The van der Waals surface area contributed by atoms with Gasteiger partial charge in [0.15, 0.2) is 0 Å². The highest BCUT2D eigenvalue weighted by atomic mass is 32.2. The van der Waals surface area contributed by atoms with Gasteiger partial charge in [-0.1, -0.05) is 13.0 Å². The van der Waals surface area contributed by atoms with Crippen LogP contribution in [0, 0.1) is 13.8 Å². The number of carbonyl (C=O) groups is 1. The summed E-state index contributed by atoms with van der Waals surface area (Å²) in [7, 11) is -3.67. The Morgan fingerprint density at radius 3 is 2.15 bits per heavy atom. The van der Waals surface area contributed by atoms with Gasteiger partial charge in [0.1, 0.15) is 0 Å². The lowest BCUT2D eigenvalue weighted by Crippen LogP contribution is -2.39. The molecule has 0 aliphatic rings. The molecule has 0 heterocycles. The Balaban J connectivity index is 3.21. The lowest BCUT2D eigenvalue weighted by atomic mass is 10.2. The molecule has 0 fully saturated rings. The lowest BCUT2D eigenvalue weighted by Gasteiger charge is -2.26. The fourth-order valence-electron chi connectivity index (χ4n) is 2.29. The third-order valence-corrected chi connectivity index (χ3v) is 5.14. The van der Waals surface area contributed by atoms with Crippen molar-refractivity contribution in [1.29, 1.82) is 0 Å². The number of aliphatic carboxylic acids is 1. The topological polar surface area (TPSA) is 74.7 Å². The van der Waals surface area contributed by atoms with Gasteiger partial charge in [0, 0.05) is 12.6 Å². The summed E-state index contributed by atoms with van der Waals surface area (Å²) < 4.78 is 26.5. The van der Waals surface area contributed by atoms with Gasteiger partial charge in [0.05, 0.1) is 11.3 Å². The van der Waals surface area contributed by atoms with Crippen molar-refractivity contribution >= 4 is 16.0 Å². The molecule has 0 amide bonds. The van der Waals surface area contributed by atoms with E-state index in [-0.39, 0.29) is 17.9 Å². The molecular weight excluding hydrogens is 278 g/mol. The first-order chi connectivity index (χ1) is 9.18. The molecule has 1 aromatic carbocycles. The molecule has 0 aromatic heterocycles. The summed E-state index contributed by atoms with van der Waals surface area (Å²) in [5.74, 6) is -1.01. The minimum atomic E-state index is -3.67. The molecule has 1 atom stereocenters. The second-order valence-electron chi connectivity index (χ2n) is 4.98. The predicted octanol–water partition coefficient (Wildman–Crippen LogP) is 2.18. The maximum atomic E-state index is 12.6. The van der Waals surface area contributed by atoms with E-state index >= 15 is 0 Å². The molecule has 0 spiro atoms. The number of nitrogens with zero attached hydrogens (tertiary/aromatic N) is 1. The summed E-state index contributed by atoms with van der Waals surface area (Å²) in [5, 5.41) is 8.83. The van der Waals surface area contributed by atoms with E-state index in [1.54, 1.807) is 26.0 Å². The highest BCUT2D eigenvalue weighted by Crippen LogP contribution is 2.21. The number of carboxylic acid groups (broad SMARTS) is 1. The van der Waals surface area contributed by atoms with E-state index in [9.17, 15) is 13.2 Å². The second-order valence-corrected chi connectivity index (χ2v) is 6.87. The van der Waals surface area contributed by atoms with E-state index < -0.39 is 22.0 Å². The van der Waals surface area contributed by atoms with Crippen molar-refractivity contribution in [3.63, 3.8) is 0 Å². The third kappa shape index (κ3) is 3.80. The van der Waals surface area contributed by atoms with Gasteiger partial charge >= 0.3 is 5.97 Å². The van der Waals surface area contributed by atoms with Gasteiger partial charge in [-0.15, -0.1) is 0 Å². The zero-order valence-electron chi connectivity index (χ0n) is 12.3. The molecule has 5 nitrogen and oxygen atoms in total. The van der Waals surface area contributed by atoms with Crippen molar-refractivity contribution in [2.45, 2.75) is 45.1 Å². The molecule has 1 N–H and O–H groups in total. The third-order valence-electron chi connectivity index (χ3n) is 3.08. The zero-order valence-corrected chi connectivity index (χ0v) is 13.1. The van der Waals surface area contributed by atoms with E-state index in [1.807, 2.05) is 19.9 Å². The Morgan fingerprint density at radius 1 is 1.25 bits per heavy atom. The zero-order chi connectivity index (χ0) is 15.5. The molecule has 0 saturated carbocycles. The highest BCUT2D eigenvalue weighted by Gasteiger charge is 2.29. The Morgan fingerprint density at radius 2 is 1.75 bits per heavy atom. The lowest BCUT2D eigenvalue weighted by molar-refractivity contribution is -0.137. The maximum Gasteiger partial charge on any atom is 0.304 e. The fraction of sp³-hybridized carbons (Fsp3) is 0.500. The Kier molecular flexibility index (Phi) is 5.30. The van der Waals surface area contributed by atoms with Gasteiger partial charge in [0.2, 0.25) is 10.0 Å². The van der Waals surface area contributed by atoms with Crippen LogP contribution >= 0.6 is 0 Å². The van der Waals surface area contributed by atoms with Gasteiger partial charge < -0.3 is 5.11 Å². The summed E-state index contributed by atoms with van der Waals surface area (Å²) in [6.07, 6.45) is -0.210. The number of hydrogen-bond donors (Lipinski definition) is 1. The van der Waals surface area contributed by atoms with E-state index in [0.29, 0.717) is 0 Å². The monoisotopic (exact) mass is 299 g/mol. The van der Waals surface area contributed by atoms with Crippen LogP contribution in [0.2, 0.25) is 0 Å². The molecule has 0 aliphatic carbocycles. The highest BCUT2D eigenvalue weighted by molar-refractivity contribution is 7.89. The average Bonchev–Trinajstić information content (AvgIpc) is 2.26. The summed E-state index contributed by atoms with van der Waals surface area (Å²) in [4.78, 5) is 11.0. The normalized spacial score (nSPS) is 13.4. The molecule has 20 heavy (non-hydrogen) atoms. The summed E-state index contributed by atoms with van der Waals surface area (Å²) in [6.45, 7) is 7.23. The number of hydrogen-bond acceptors (Lipinski definition) is 3. The minimum Gasteiger partial charge on any atom is -0.481 e. The van der Waals surface area contributed by atoms with Gasteiger partial charge in [-0.25, -0.2) is 8.42 Å². The number of benzene rings is 1. The number of carboxylic acids is 1. The Bertz CT molecular complexity index is 575. The SMILES string of the molecule is CCN(C(C)CC(=O)O)S(=O)(=O)c1cc(C)cc(C)c1. The van der Waals surface area contributed by atoms with E-state index in [1.165, 1.54) is 4.31 Å². The maximum absolute atomic E-state index is 12.6. The summed E-state index contributed by atoms with van der Waals surface area (Å²) >= 11 is 0. The van der Waals surface area contributed by atoms with Crippen molar-refractivity contribution in [3.8, 4) is 0 Å². The molecule has 0 radical (unpaired) electrons. The fourth-order valence-corrected chi connectivity index (χ4v) is 4.12. The van der Waals surface area contributed by atoms with Crippen LogP contribution in [0.4, 0.5) is 0 Å². The van der Waals surface area contributed by atoms with Gasteiger partial charge in [-0.05, 0) is 44.0 Å². The minimum absolute atomic E-state index is 0.210. The van der Waals surface area contributed by atoms with E-state index in [0.717, 1.165) is 11.1 Å². The van der Waals surface area contributed by atoms with Gasteiger partial charge in [0.25, 0.3) is 0 Å². The van der Waals surface area contributed by atoms with Crippen LogP contribution in [-0.2, 0) is 14.8 Å². The molecule has 0 aliphatic heterocycles. The number of rotatable bonds is 6. The molecular formula is C14H21NO4S. The largest absolute Gasteiger partial charge is 0.481 e. The average molecular weight is 299 g/mol. The van der Waals surface area contributed by atoms with Gasteiger partial charge in [-0.3, -0.25) is 4.79 Å². The smallest absolute Gasteiger partial charge is 0.304 e. The Hall–Kier alpha value is -1.40. The van der Waals surface area contributed by atoms with Crippen LogP contribution in [0.25, 0.3) is 0 Å². The van der Waals surface area contributed by atoms with Gasteiger partial charge in [-0.2, -0.15) is 4.31 Å².